The lowest BCUT2D eigenvalue weighted by molar-refractivity contribution is -0.139. The van der Waals surface area contributed by atoms with E-state index in [4.69, 9.17) is 30.9 Å². The molecule has 218 valence electrons. The molecule has 0 atom stereocenters. The van der Waals surface area contributed by atoms with E-state index in [0.717, 1.165) is 17.8 Å². The maximum Gasteiger partial charge on any atom is 0.341 e. The van der Waals surface area contributed by atoms with Crippen LogP contribution >= 0.6 is 11.6 Å². The summed E-state index contributed by atoms with van der Waals surface area (Å²) in [5, 5.41) is 9.31. The Balaban J connectivity index is 1.96. The minimum atomic E-state index is -1.14. The topological polar surface area (TPSA) is 102 Å². The van der Waals surface area contributed by atoms with Crippen LogP contribution in [-0.4, -0.2) is 61.0 Å². The van der Waals surface area contributed by atoms with E-state index in [1.165, 1.54) is 0 Å². The average Bonchev–Trinajstić information content (AvgIpc) is 2.82. The fourth-order valence-corrected chi connectivity index (χ4v) is 6.58. The van der Waals surface area contributed by atoms with Gasteiger partial charge in [0, 0.05) is 61.6 Å². The molecule has 0 saturated heterocycles. The van der Waals surface area contributed by atoms with Crippen molar-refractivity contribution in [2.75, 3.05) is 33.5 Å². The lowest BCUT2D eigenvalue weighted by atomic mass is 9.63. The number of ketones is 2. The second-order valence-electron chi connectivity index (χ2n) is 12.5. The Morgan fingerprint density at radius 2 is 1.57 bits per heavy atom. The van der Waals surface area contributed by atoms with Gasteiger partial charge in [-0.25, -0.2) is 4.79 Å². The maximum atomic E-state index is 14.0. The molecule has 0 unspecified atom stereocenters. The van der Waals surface area contributed by atoms with Gasteiger partial charge in [-0.15, -0.1) is 0 Å². The number of aliphatic carboxylic acids is 1. The molecule has 9 heteroatoms. The molecule has 1 heterocycles. The molecule has 2 aliphatic carbocycles. The third-order valence-corrected chi connectivity index (χ3v) is 8.04. The summed E-state index contributed by atoms with van der Waals surface area (Å²) in [6, 6.07) is 3.43. The number of hydrogen-bond donors (Lipinski definition) is 1. The maximum absolute atomic E-state index is 14.0. The second-order valence-corrected chi connectivity index (χ2v) is 12.9. The predicted octanol–water partition coefficient (Wildman–Crippen LogP) is 5.92. The van der Waals surface area contributed by atoms with Crippen molar-refractivity contribution in [3.63, 3.8) is 0 Å². The van der Waals surface area contributed by atoms with E-state index in [9.17, 15) is 14.4 Å². The highest BCUT2D eigenvalue weighted by atomic mass is 35.5. The number of hydrogen-bond acceptors (Lipinski definition) is 7. The van der Waals surface area contributed by atoms with Crippen LogP contribution in [0, 0.1) is 10.8 Å². The Bertz CT molecular complexity index is 1220. The number of rotatable bonds is 10. The Labute approximate surface area is 241 Å². The normalized spacial score (nSPS) is 20.4. The molecule has 0 aromatic heterocycles. The Morgan fingerprint density at radius 3 is 2.08 bits per heavy atom. The van der Waals surface area contributed by atoms with E-state index >= 15 is 0 Å². The van der Waals surface area contributed by atoms with Crippen molar-refractivity contribution in [1.82, 2.24) is 4.90 Å². The van der Waals surface area contributed by atoms with E-state index in [-0.39, 0.29) is 38.9 Å². The zero-order valence-corrected chi connectivity index (χ0v) is 25.1. The molecule has 1 aliphatic heterocycles. The summed E-state index contributed by atoms with van der Waals surface area (Å²) in [6.07, 6.45) is 2.92. The molecule has 40 heavy (non-hydrogen) atoms. The number of carboxylic acid groups (broad SMARTS) is 1. The third kappa shape index (κ3) is 6.08. The molecule has 0 fully saturated rings. The minimum Gasteiger partial charge on any atom is -0.490 e. The zero-order valence-electron chi connectivity index (χ0n) is 24.3. The molecule has 1 N–H and O–H groups in total. The van der Waals surface area contributed by atoms with Gasteiger partial charge in [-0.1, -0.05) is 39.3 Å². The van der Waals surface area contributed by atoms with Gasteiger partial charge in [0.1, 0.15) is 0 Å². The number of carbonyl (C=O) groups excluding carboxylic acids is 2. The largest absolute Gasteiger partial charge is 0.490 e. The summed E-state index contributed by atoms with van der Waals surface area (Å²) in [4.78, 5) is 41.3. The Kier molecular flexibility index (Phi) is 8.71. The van der Waals surface area contributed by atoms with Crippen LogP contribution in [0.2, 0.25) is 5.02 Å². The van der Waals surface area contributed by atoms with Crippen LogP contribution in [0.15, 0.2) is 34.7 Å². The van der Waals surface area contributed by atoms with Crippen LogP contribution < -0.4 is 9.47 Å². The first-order valence-electron chi connectivity index (χ1n) is 13.9. The van der Waals surface area contributed by atoms with Crippen molar-refractivity contribution in [2.24, 2.45) is 10.8 Å². The van der Waals surface area contributed by atoms with Gasteiger partial charge in [0.25, 0.3) is 0 Å². The van der Waals surface area contributed by atoms with E-state index < -0.39 is 18.5 Å². The number of nitrogens with zero attached hydrogens (tertiary/aromatic N) is 1. The van der Waals surface area contributed by atoms with Gasteiger partial charge in [0.2, 0.25) is 0 Å². The van der Waals surface area contributed by atoms with Crippen LogP contribution in [0.5, 0.6) is 11.5 Å². The van der Waals surface area contributed by atoms with Gasteiger partial charge in [-0.05, 0) is 54.7 Å². The van der Waals surface area contributed by atoms with Crippen LogP contribution in [-0.2, 0) is 19.1 Å². The summed E-state index contributed by atoms with van der Waals surface area (Å²) in [5.74, 6) is -1.28. The van der Waals surface area contributed by atoms with E-state index in [2.05, 4.69) is 32.6 Å². The first-order chi connectivity index (χ1) is 18.8. The first kappa shape index (κ1) is 30.1. The van der Waals surface area contributed by atoms with Crippen molar-refractivity contribution in [1.29, 1.82) is 0 Å². The van der Waals surface area contributed by atoms with Crippen molar-refractivity contribution in [2.45, 2.75) is 72.6 Å². The third-order valence-electron chi connectivity index (χ3n) is 7.76. The van der Waals surface area contributed by atoms with Gasteiger partial charge in [0.15, 0.2) is 29.7 Å². The number of methoxy groups -OCH3 is 1. The molecule has 4 rings (SSSR count). The Morgan fingerprint density at radius 1 is 1.00 bits per heavy atom. The lowest BCUT2D eigenvalue weighted by Gasteiger charge is -2.49. The summed E-state index contributed by atoms with van der Waals surface area (Å²) >= 11 is 6.68. The van der Waals surface area contributed by atoms with Crippen LogP contribution in [0.1, 0.15) is 78.2 Å². The highest BCUT2D eigenvalue weighted by Crippen LogP contribution is 2.55. The molecule has 0 amide bonds. The molecule has 1 aromatic carbocycles. The van der Waals surface area contributed by atoms with Gasteiger partial charge in [0.05, 0.1) is 11.6 Å². The first-order valence-corrected chi connectivity index (χ1v) is 14.3. The van der Waals surface area contributed by atoms with Gasteiger partial charge in [-0.3, -0.25) is 9.59 Å². The van der Waals surface area contributed by atoms with E-state index in [1.807, 2.05) is 0 Å². The zero-order chi connectivity index (χ0) is 29.4. The van der Waals surface area contributed by atoms with Crippen molar-refractivity contribution >= 4 is 29.1 Å². The molecule has 1 aromatic rings. The van der Waals surface area contributed by atoms with Gasteiger partial charge in [-0.2, -0.15) is 0 Å². The standard InChI is InChI=1S/C31H40ClNO7/c1-7-39-24-12-18(11-19(32)29(24)40-17-25(36)37)26-27-20(13-30(2,3)15-22(27)34)33(9-8-10-38-6)21-14-31(4,5)16-23(35)28(21)26/h11-12,26H,7-10,13-17H2,1-6H3,(H,36,37). The number of carboxylic acids is 1. The SMILES string of the molecule is CCOc1cc(C2C3=C(CC(C)(C)CC3=O)N(CCCOC)C3=C2C(=O)CC(C)(C)C3)cc(Cl)c1OCC(=O)O. The number of carbonyl (C=O) groups is 3. The van der Waals surface area contributed by atoms with Gasteiger partial charge >= 0.3 is 5.97 Å². The molecule has 0 saturated carbocycles. The van der Waals surface area contributed by atoms with Crippen molar-refractivity contribution in [3.05, 3.63) is 45.3 Å². The molecule has 0 radical (unpaired) electrons. The molecular formula is C31H40ClNO7. The summed E-state index contributed by atoms with van der Waals surface area (Å²) in [7, 11) is 1.67. The summed E-state index contributed by atoms with van der Waals surface area (Å²) in [6.45, 7) is 11.2. The van der Waals surface area contributed by atoms with Gasteiger partial charge < -0.3 is 24.2 Å². The van der Waals surface area contributed by atoms with E-state index in [0.29, 0.717) is 62.2 Å². The summed E-state index contributed by atoms with van der Waals surface area (Å²) in [5.41, 5.74) is 3.42. The van der Waals surface area contributed by atoms with Crippen LogP contribution in [0.3, 0.4) is 0 Å². The molecule has 3 aliphatic rings. The molecular weight excluding hydrogens is 534 g/mol. The number of allylic oxidation sites excluding steroid dienone is 4. The van der Waals surface area contributed by atoms with Crippen LogP contribution in [0.4, 0.5) is 0 Å². The molecule has 0 bridgehead atoms. The molecule has 8 nitrogen and oxygen atoms in total. The van der Waals surface area contributed by atoms with Crippen molar-refractivity contribution < 1.29 is 33.7 Å². The average molecular weight is 574 g/mol. The monoisotopic (exact) mass is 573 g/mol. The van der Waals surface area contributed by atoms with E-state index in [1.54, 1.807) is 26.2 Å². The number of Topliss-reactive ketones (excluding diaryl/α,β-unsaturated/α-hetero) is 2. The quantitative estimate of drug-likeness (QED) is 0.344. The smallest absolute Gasteiger partial charge is 0.341 e. The Hall–Kier alpha value is -2.84. The fraction of sp³-hybridized carbons (Fsp3) is 0.581. The second kappa shape index (κ2) is 11.6. The number of halogens is 1. The number of benzene rings is 1. The minimum absolute atomic E-state index is 0.0254. The summed E-state index contributed by atoms with van der Waals surface area (Å²) < 4.78 is 16.6. The van der Waals surface area contributed by atoms with Crippen molar-refractivity contribution in [3.8, 4) is 11.5 Å². The lowest BCUT2D eigenvalue weighted by Crippen LogP contribution is -2.44. The molecule has 0 spiro atoms. The fourth-order valence-electron chi connectivity index (χ4n) is 6.31. The number of ether oxygens (including phenoxy) is 3. The predicted molar refractivity (Wildman–Crippen MR) is 152 cm³/mol. The highest BCUT2D eigenvalue weighted by molar-refractivity contribution is 6.32. The van der Waals surface area contributed by atoms with Crippen LogP contribution in [0.25, 0.3) is 0 Å². The highest BCUT2D eigenvalue weighted by Gasteiger charge is 2.49.